The lowest BCUT2D eigenvalue weighted by molar-refractivity contribution is -0.122. The molecule has 1 aromatic heterocycles. The second-order valence-electron chi connectivity index (χ2n) is 7.11. The van der Waals surface area contributed by atoms with E-state index in [-0.39, 0.29) is 18.4 Å². The number of benzene rings is 3. The number of carbonyl (C=O) groups excluding carboxylic acids is 2. The summed E-state index contributed by atoms with van der Waals surface area (Å²) in [5.41, 5.74) is 7.52. The average molecular weight is 413 g/mol. The minimum absolute atomic E-state index is 0.113. The van der Waals surface area contributed by atoms with Gasteiger partial charge in [0.2, 0.25) is 0 Å². The zero-order chi connectivity index (χ0) is 21.5. The molecule has 4 aromatic rings. The summed E-state index contributed by atoms with van der Waals surface area (Å²) in [6.07, 6.45) is 2.66. The maximum absolute atomic E-state index is 12.3. The summed E-state index contributed by atoms with van der Waals surface area (Å²) in [5, 5.41) is 1.06. The van der Waals surface area contributed by atoms with Gasteiger partial charge in [0, 0.05) is 23.7 Å². The van der Waals surface area contributed by atoms with Gasteiger partial charge in [0.1, 0.15) is 12.3 Å². The first-order valence-corrected chi connectivity index (χ1v) is 10.1. The maximum atomic E-state index is 12.3. The predicted molar refractivity (Wildman–Crippen MR) is 120 cm³/mol. The van der Waals surface area contributed by atoms with Crippen molar-refractivity contribution in [1.82, 2.24) is 15.4 Å². The lowest BCUT2D eigenvalue weighted by Gasteiger charge is -2.10. The third-order valence-corrected chi connectivity index (χ3v) is 4.93. The first kappa shape index (κ1) is 20.2. The van der Waals surface area contributed by atoms with E-state index < -0.39 is 0 Å². The van der Waals surface area contributed by atoms with E-state index in [2.05, 4.69) is 23.0 Å². The Morgan fingerprint density at radius 1 is 0.806 bits per heavy atom. The van der Waals surface area contributed by atoms with Gasteiger partial charge in [-0.1, -0.05) is 48.5 Å². The van der Waals surface area contributed by atoms with Crippen molar-refractivity contribution in [2.24, 2.45) is 0 Å². The van der Waals surface area contributed by atoms with E-state index >= 15 is 0 Å². The number of rotatable bonds is 7. The van der Waals surface area contributed by atoms with Crippen LogP contribution in [0.25, 0.3) is 10.9 Å². The average Bonchev–Trinajstić information content (AvgIpc) is 3.21. The van der Waals surface area contributed by atoms with Crippen molar-refractivity contribution in [3.05, 3.63) is 102 Å². The van der Waals surface area contributed by atoms with Crippen LogP contribution >= 0.6 is 0 Å². The number of hydrogen-bond donors (Lipinski definition) is 2. The number of fused-ring (bicyclic) bond motifs is 1. The van der Waals surface area contributed by atoms with Crippen LogP contribution in [0.4, 0.5) is 0 Å². The predicted octanol–water partition coefficient (Wildman–Crippen LogP) is 3.72. The molecule has 6 heteroatoms. The number of nitrogens with one attached hydrogen (secondary N) is 2. The highest BCUT2D eigenvalue weighted by Gasteiger charge is 2.09. The fourth-order valence-electron chi connectivity index (χ4n) is 3.31. The van der Waals surface area contributed by atoms with Crippen LogP contribution in [0.3, 0.4) is 0 Å². The zero-order valence-electron chi connectivity index (χ0n) is 17.0. The normalized spacial score (nSPS) is 10.6. The molecule has 0 unspecified atom stereocenters. The number of hydrogen-bond acceptors (Lipinski definition) is 3. The maximum Gasteiger partial charge on any atom is 0.269 e. The number of aromatic nitrogens is 1. The third kappa shape index (κ3) is 5.30. The minimum Gasteiger partial charge on any atom is -0.493 e. The van der Waals surface area contributed by atoms with Crippen molar-refractivity contribution in [2.45, 2.75) is 13.0 Å². The van der Waals surface area contributed by atoms with Gasteiger partial charge in [-0.3, -0.25) is 20.4 Å². The molecular formula is C25H23N3O3. The standard InChI is InChI=1S/C25H23N3O3/c29-24(18-28-16-14-20-8-4-5-9-23(20)28)26-27-25(30)21-10-12-22(13-11-21)31-17-15-19-6-2-1-3-7-19/h1-14,16H,15,17-18H2,(H,26,29)(H,27,30). The molecule has 0 bridgehead atoms. The Labute approximate surface area is 180 Å². The molecule has 3 aromatic carbocycles. The molecule has 6 nitrogen and oxygen atoms in total. The highest BCUT2D eigenvalue weighted by molar-refractivity contribution is 5.95. The van der Waals surface area contributed by atoms with Gasteiger partial charge < -0.3 is 9.30 Å². The molecule has 31 heavy (non-hydrogen) atoms. The zero-order valence-corrected chi connectivity index (χ0v) is 17.0. The van der Waals surface area contributed by atoms with E-state index in [1.165, 1.54) is 5.56 Å². The first-order chi connectivity index (χ1) is 15.2. The van der Waals surface area contributed by atoms with Crippen molar-refractivity contribution in [3.63, 3.8) is 0 Å². The first-order valence-electron chi connectivity index (χ1n) is 10.1. The summed E-state index contributed by atoms with van der Waals surface area (Å²) in [4.78, 5) is 24.5. The van der Waals surface area contributed by atoms with Gasteiger partial charge in [-0.15, -0.1) is 0 Å². The molecule has 2 amide bonds. The van der Waals surface area contributed by atoms with Crippen LogP contribution in [0.1, 0.15) is 15.9 Å². The number of ether oxygens (including phenoxy) is 1. The highest BCUT2D eigenvalue weighted by Crippen LogP contribution is 2.15. The Balaban J connectivity index is 1.24. The van der Waals surface area contributed by atoms with Crippen LogP contribution in [-0.4, -0.2) is 23.0 Å². The molecule has 0 saturated heterocycles. The second kappa shape index (κ2) is 9.63. The Morgan fingerprint density at radius 2 is 1.55 bits per heavy atom. The highest BCUT2D eigenvalue weighted by atomic mass is 16.5. The number of hydrazine groups is 1. The number of nitrogens with zero attached hydrogens (tertiary/aromatic N) is 1. The molecule has 1 heterocycles. The van der Waals surface area contributed by atoms with Gasteiger partial charge in [0.25, 0.3) is 11.8 Å². The molecule has 4 rings (SSSR count). The Bertz CT molecular complexity index is 1170. The van der Waals surface area contributed by atoms with Gasteiger partial charge in [0.05, 0.1) is 6.61 Å². The summed E-state index contributed by atoms with van der Waals surface area (Å²) in [5.74, 6) is -0.00637. The summed E-state index contributed by atoms with van der Waals surface area (Å²) in [6.45, 7) is 0.668. The van der Waals surface area contributed by atoms with E-state index in [1.54, 1.807) is 24.3 Å². The summed E-state index contributed by atoms with van der Waals surface area (Å²) >= 11 is 0. The molecule has 0 aliphatic carbocycles. The topological polar surface area (TPSA) is 72.4 Å². The fourth-order valence-corrected chi connectivity index (χ4v) is 3.31. The molecule has 0 aliphatic heterocycles. The molecule has 0 aliphatic rings. The van der Waals surface area contributed by atoms with Gasteiger partial charge in [-0.05, 0) is 47.3 Å². The van der Waals surface area contributed by atoms with Crippen molar-refractivity contribution < 1.29 is 14.3 Å². The molecule has 0 radical (unpaired) electrons. The summed E-state index contributed by atoms with van der Waals surface area (Å²) in [6, 6.07) is 26.7. The van der Waals surface area contributed by atoms with Crippen LogP contribution in [-0.2, 0) is 17.8 Å². The number of amides is 2. The quantitative estimate of drug-likeness (QED) is 0.454. The Kier molecular flexibility index (Phi) is 6.28. The lowest BCUT2D eigenvalue weighted by Crippen LogP contribution is -2.43. The monoisotopic (exact) mass is 413 g/mol. The molecule has 0 saturated carbocycles. The molecule has 0 spiro atoms. The van der Waals surface area contributed by atoms with Crippen LogP contribution in [0.2, 0.25) is 0 Å². The molecule has 2 N–H and O–H groups in total. The van der Waals surface area contributed by atoms with Gasteiger partial charge >= 0.3 is 0 Å². The third-order valence-electron chi connectivity index (χ3n) is 4.93. The van der Waals surface area contributed by atoms with Crippen molar-refractivity contribution >= 4 is 22.7 Å². The SMILES string of the molecule is O=C(Cn1ccc2ccccc21)NNC(=O)c1ccc(OCCc2ccccc2)cc1. The van der Waals surface area contributed by atoms with E-state index in [0.29, 0.717) is 17.9 Å². The molecular weight excluding hydrogens is 390 g/mol. The Morgan fingerprint density at radius 3 is 2.35 bits per heavy atom. The van der Waals surface area contributed by atoms with Crippen molar-refractivity contribution in [3.8, 4) is 5.75 Å². The molecule has 0 fully saturated rings. The van der Waals surface area contributed by atoms with E-state index in [0.717, 1.165) is 17.3 Å². The molecule has 156 valence electrons. The van der Waals surface area contributed by atoms with Crippen LogP contribution in [0.15, 0.2) is 91.1 Å². The van der Waals surface area contributed by atoms with E-state index in [1.807, 2.05) is 59.3 Å². The van der Waals surface area contributed by atoms with Crippen LogP contribution < -0.4 is 15.6 Å². The molecule has 0 atom stereocenters. The lowest BCUT2D eigenvalue weighted by atomic mass is 10.2. The van der Waals surface area contributed by atoms with Crippen LogP contribution in [0.5, 0.6) is 5.75 Å². The van der Waals surface area contributed by atoms with Gasteiger partial charge in [0.15, 0.2) is 0 Å². The fraction of sp³-hybridized carbons (Fsp3) is 0.120. The summed E-state index contributed by atoms with van der Waals surface area (Å²) < 4.78 is 7.56. The second-order valence-corrected chi connectivity index (χ2v) is 7.11. The van der Waals surface area contributed by atoms with Crippen LogP contribution in [0, 0.1) is 0 Å². The van der Waals surface area contributed by atoms with E-state index in [9.17, 15) is 9.59 Å². The number of carbonyl (C=O) groups is 2. The summed E-state index contributed by atoms with van der Waals surface area (Å²) in [7, 11) is 0. The van der Waals surface area contributed by atoms with Gasteiger partial charge in [-0.25, -0.2) is 0 Å². The Hall–Kier alpha value is -4.06. The minimum atomic E-state index is -0.387. The van der Waals surface area contributed by atoms with Gasteiger partial charge in [-0.2, -0.15) is 0 Å². The number of para-hydroxylation sites is 1. The van der Waals surface area contributed by atoms with Crippen molar-refractivity contribution in [2.75, 3.05) is 6.61 Å². The largest absolute Gasteiger partial charge is 0.493 e. The van der Waals surface area contributed by atoms with E-state index in [4.69, 9.17) is 4.74 Å². The smallest absolute Gasteiger partial charge is 0.269 e. The van der Waals surface area contributed by atoms with Crippen molar-refractivity contribution in [1.29, 1.82) is 0 Å².